The van der Waals surface area contributed by atoms with E-state index in [0.717, 1.165) is 0 Å². The predicted octanol–water partition coefficient (Wildman–Crippen LogP) is -0.447. The van der Waals surface area contributed by atoms with Gasteiger partial charge < -0.3 is 28.8 Å². The molecule has 3 rings (SSSR count). The summed E-state index contributed by atoms with van der Waals surface area (Å²) in [6, 6.07) is 0. The van der Waals surface area contributed by atoms with Crippen LogP contribution in [0.5, 0.6) is 0 Å². The minimum atomic E-state index is -1.82. The first kappa shape index (κ1) is 16.9. The fourth-order valence-electron chi connectivity index (χ4n) is 2.82. The summed E-state index contributed by atoms with van der Waals surface area (Å²) >= 11 is 0. The second kappa shape index (κ2) is 5.03. The van der Waals surface area contributed by atoms with E-state index in [1.165, 1.54) is 0 Å². The van der Waals surface area contributed by atoms with Crippen LogP contribution < -0.4 is 0 Å². The van der Waals surface area contributed by atoms with E-state index < -0.39 is 41.6 Å². The van der Waals surface area contributed by atoms with Crippen molar-refractivity contribution in [1.82, 2.24) is 0 Å². The van der Waals surface area contributed by atoms with Gasteiger partial charge in [-0.3, -0.25) is 0 Å². The Morgan fingerprint density at radius 1 is 1.10 bits per heavy atom. The summed E-state index contributed by atoms with van der Waals surface area (Å²) in [6.07, 6.45) is -1.85. The molecule has 0 amide bonds. The van der Waals surface area contributed by atoms with Crippen LogP contribution in [-0.2, 0) is 28.5 Å². The van der Waals surface area contributed by atoms with E-state index >= 15 is 0 Å². The molecule has 1 N–H and O–H groups in total. The molecular weight excluding hydrogens is 296 g/mol. The molecule has 0 bridgehead atoms. The Morgan fingerprint density at radius 2 is 1.75 bits per heavy atom. The van der Waals surface area contributed by atoms with Crippen LogP contribution in [0, 0.1) is 0 Å². The van der Waals surface area contributed by atoms with Crippen molar-refractivity contribution in [3.63, 3.8) is 0 Å². The van der Waals surface area contributed by atoms with Gasteiger partial charge in [0.05, 0.1) is 6.61 Å². The summed E-state index contributed by atoms with van der Waals surface area (Å²) in [5.41, 5.74) is 0. The molecule has 3 saturated heterocycles. The molecule has 8 heteroatoms. The average molecular weight is 316 g/mol. The molecule has 0 radical (unpaired) electrons. The van der Waals surface area contributed by atoms with Crippen LogP contribution in [-0.4, -0.2) is 91.1 Å². The fourth-order valence-corrected chi connectivity index (χ4v) is 2.82. The van der Waals surface area contributed by atoms with E-state index in [1.807, 2.05) is 0 Å². The Balaban J connectivity index is 0.00000147. The first-order valence-corrected chi connectivity index (χ1v) is 6.26. The van der Waals surface area contributed by atoms with E-state index in [2.05, 4.69) is 0 Å². The van der Waals surface area contributed by atoms with Crippen molar-refractivity contribution in [2.45, 2.75) is 63.4 Å². The van der Waals surface area contributed by atoms with Crippen molar-refractivity contribution in [3.8, 4) is 0 Å². The van der Waals surface area contributed by atoms with Crippen molar-refractivity contribution < 1.29 is 33.6 Å². The van der Waals surface area contributed by atoms with Crippen molar-refractivity contribution in [3.05, 3.63) is 0 Å². The van der Waals surface area contributed by atoms with Gasteiger partial charge in [0.25, 0.3) is 0 Å². The topological polar surface area (TPSA) is 83.5 Å². The third kappa shape index (κ3) is 2.52. The van der Waals surface area contributed by atoms with Gasteiger partial charge in [-0.25, -0.2) is 4.79 Å². The molecule has 112 valence electrons. The molecule has 3 fully saturated rings. The molecule has 7 nitrogen and oxygen atoms in total. The summed E-state index contributed by atoms with van der Waals surface area (Å²) in [7, 11) is 0. The van der Waals surface area contributed by atoms with Gasteiger partial charge in [0.2, 0.25) is 0 Å². The molecular formula is C12H20CaO7. The van der Waals surface area contributed by atoms with Gasteiger partial charge in [-0.2, -0.15) is 0 Å². The summed E-state index contributed by atoms with van der Waals surface area (Å²) in [5, 5.41) is 9.46. The summed E-state index contributed by atoms with van der Waals surface area (Å²) in [4.78, 5) is 11.6. The standard InChI is InChI=1S/C12H18O7.Ca.2H/c1-10(2)15-5-6-7(17-10)8-12(16-6,9(13)14)19-11(3,4)18-8;;;/h6-8H,5H2,1-4H3,(H,13,14);;;/t6-,7+,8-,12+;;;/m0.../s1. The fraction of sp³-hybridized carbons (Fsp3) is 0.917. The van der Waals surface area contributed by atoms with Gasteiger partial charge in [0.15, 0.2) is 17.7 Å². The van der Waals surface area contributed by atoms with Crippen LogP contribution in [0.3, 0.4) is 0 Å². The molecule has 0 aromatic carbocycles. The van der Waals surface area contributed by atoms with E-state index in [4.69, 9.17) is 23.7 Å². The summed E-state index contributed by atoms with van der Waals surface area (Å²) < 4.78 is 28.0. The van der Waals surface area contributed by atoms with Crippen LogP contribution >= 0.6 is 0 Å². The molecule has 0 saturated carbocycles. The Bertz CT molecular complexity index is 424. The molecule has 4 atom stereocenters. The van der Waals surface area contributed by atoms with Gasteiger partial charge in [-0.1, -0.05) is 0 Å². The average Bonchev–Trinajstić information content (AvgIpc) is 2.67. The third-order valence-electron chi connectivity index (χ3n) is 3.49. The first-order chi connectivity index (χ1) is 8.65. The summed E-state index contributed by atoms with van der Waals surface area (Å²) in [6.45, 7) is 7.09. The number of hydrogen-bond donors (Lipinski definition) is 1. The monoisotopic (exact) mass is 316 g/mol. The normalized spacial score (nSPS) is 44.3. The number of rotatable bonds is 1. The van der Waals surface area contributed by atoms with Gasteiger partial charge in [-0.05, 0) is 27.7 Å². The molecule has 3 aliphatic heterocycles. The Kier molecular flexibility index (Phi) is 4.24. The number of carboxylic acid groups (broad SMARTS) is 1. The second-order valence-corrected chi connectivity index (χ2v) is 5.96. The van der Waals surface area contributed by atoms with Crippen molar-refractivity contribution in [1.29, 1.82) is 0 Å². The van der Waals surface area contributed by atoms with Gasteiger partial charge >= 0.3 is 49.5 Å². The zero-order chi connectivity index (χ0) is 14.1. The van der Waals surface area contributed by atoms with E-state index in [1.54, 1.807) is 27.7 Å². The van der Waals surface area contributed by atoms with E-state index in [9.17, 15) is 9.90 Å². The number of carboxylic acids is 1. The van der Waals surface area contributed by atoms with Crippen LogP contribution in [0.25, 0.3) is 0 Å². The Hall–Kier alpha value is 0.530. The molecule has 0 aliphatic carbocycles. The van der Waals surface area contributed by atoms with Crippen molar-refractivity contribution in [2.75, 3.05) is 6.61 Å². The molecule has 0 unspecified atom stereocenters. The summed E-state index contributed by atoms with van der Waals surface area (Å²) in [5.74, 6) is -4.85. The quantitative estimate of drug-likeness (QED) is 0.656. The van der Waals surface area contributed by atoms with Crippen LogP contribution in [0.2, 0.25) is 0 Å². The van der Waals surface area contributed by atoms with Gasteiger partial charge in [0, 0.05) is 0 Å². The van der Waals surface area contributed by atoms with E-state index in [0.29, 0.717) is 0 Å². The molecule has 20 heavy (non-hydrogen) atoms. The maximum atomic E-state index is 11.6. The Morgan fingerprint density at radius 3 is 2.35 bits per heavy atom. The van der Waals surface area contributed by atoms with Crippen LogP contribution in [0.1, 0.15) is 27.7 Å². The number of aliphatic carboxylic acids is 1. The number of fused-ring (bicyclic) bond motifs is 3. The maximum absolute atomic E-state index is 11.6. The van der Waals surface area contributed by atoms with E-state index in [-0.39, 0.29) is 44.3 Å². The zero-order valence-corrected chi connectivity index (χ0v) is 11.3. The number of carbonyl (C=O) groups is 1. The number of ether oxygens (including phenoxy) is 5. The van der Waals surface area contributed by atoms with Gasteiger partial charge in [-0.15, -0.1) is 0 Å². The molecule has 0 aromatic rings. The first-order valence-electron chi connectivity index (χ1n) is 6.26. The third-order valence-corrected chi connectivity index (χ3v) is 3.49. The van der Waals surface area contributed by atoms with Crippen LogP contribution in [0.15, 0.2) is 0 Å². The Labute approximate surface area is 146 Å². The molecule has 3 heterocycles. The minimum absolute atomic E-state index is 0. The molecule has 3 aliphatic rings. The zero-order valence-electron chi connectivity index (χ0n) is 11.3. The molecule has 0 aromatic heterocycles. The van der Waals surface area contributed by atoms with Gasteiger partial charge in [0.1, 0.15) is 12.2 Å². The number of hydrogen-bond acceptors (Lipinski definition) is 6. The predicted molar refractivity (Wildman–Crippen MR) is 68.7 cm³/mol. The van der Waals surface area contributed by atoms with Crippen molar-refractivity contribution >= 4 is 43.7 Å². The second-order valence-electron chi connectivity index (χ2n) is 5.96. The van der Waals surface area contributed by atoms with Crippen molar-refractivity contribution in [2.24, 2.45) is 0 Å². The SMILES string of the molecule is CC1(C)OC[C@@H]2O[C@@]3(C(=O)O)OC(C)(C)O[C@H]3[C@@H]2O1.[CaH2]. The van der Waals surface area contributed by atoms with Crippen LogP contribution in [0.4, 0.5) is 0 Å². The molecule has 0 spiro atoms.